The molecule has 1 atom stereocenters. The Kier molecular flexibility index (Phi) is 8.26. The number of carbonyl (C=O) groups excluding carboxylic acids is 1. The molecule has 7 nitrogen and oxygen atoms in total. The monoisotopic (exact) mass is 431 g/mol. The number of benzene rings is 2. The molecule has 0 saturated heterocycles. The Balaban J connectivity index is 2.59. The first-order valence-corrected chi connectivity index (χ1v) is 9.74. The number of halogens is 1. The van der Waals surface area contributed by atoms with Crippen LogP contribution in [0.1, 0.15) is 35.2 Å². The Bertz CT molecular complexity index is 929. The second-order valence-corrected chi connectivity index (χ2v) is 6.94. The molecule has 2 rings (SSSR count). The van der Waals surface area contributed by atoms with Crippen molar-refractivity contribution in [2.45, 2.75) is 19.4 Å². The van der Waals surface area contributed by atoms with Crippen molar-refractivity contribution in [1.29, 1.82) is 5.41 Å². The number of nitrogen functional groups attached to an aromatic ring is 1. The van der Waals surface area contributed by atoms with Crippen molar-refractivity contribution in [3.8, 4) is 5.75 Å². The standard InChI is InChI=1S/C22H26ClN3O4/c1-4-14-11-17(13(2)23)20(30-10-9-27)18(12-14)19(22(28)29-3)26-16-7-5-15(6-8-16)21(24)25/h5-8,11-12,19,26-27H,2,4,9-10H2,1,3H3,(H3,24,25). The van der Waals surface area contributed by atoms with Crippen LogP contribution in [0.15, 0.2) is 43.0 Å². The Labute approximate surface area is 181 Å². The van der Waals surface area contributed by atoms with E-state index in [1.807, 2.05) is 19.1 Å². The van der Waals surface area contributed by atoms with Crippen LogP contribution < -0.4 is 15.8 Å². The molecule has 0 aromatic heterocycles. The van der Waals surface area contributed by atoms with Crippen molar-refractivity contribution in [2.75, 3.05) is 25.6 Å². The van der Waals surface area contributed by atoms with E-state index >= 15 is 0 Å². The van der Waals surface area contributed by atoms with E-state index in [1.165, 1.54) is 7.11 Å². The number of amidine groups is 1. The minimum absolute atomic E-state index is 0.0246. The number of esters is 1. The molecule has 5 N–H and O–H groups in total. The lowest BCUT2D eigenvalue weighted by Gasteiger charge is -2.24. The van der Waals surface area contributed by atoms with Gasteiger partial charge in [0.25, 0.3) is 0 Å². The SMILES string of the molecule is C=C(Cl)c1cc(CC)cc(C(Nc2ccc(C(=N)N)cc2)C(=O)OC)c1OCCO. The number of nitrogens with one attached hydrogen (secondary N) is 2. The molecule has 0 fully saturated rings. The van der Waals surface area contributed by atoms with Gasteiger partial charge in [-0.15, -0.1) is 0 Å². The van der Waals surface area contributed by atoms with E-state index in [-0.39, 0.29) is 24.1 Å². The highest BCUT2D eigenvalue weighted by molar-refractivity contribution is 6.48. The maximum Gasteiger partial charge on any atom is 0.333 e. The predicted octanol–water partition coefficient (Wildman–Crippen LogP) is 3.44. The third-order valence-electron chi connectivity index (χ3n) is 4.47. The second kappa shape index (κ2) is 10.7. The van der Waals surface area contributed by atoms with Gasteiger partial charge < -0.3 is 25.6 Å². The van der Waals surface area contributed by atoms with Crippen molar-refractivity contribution < 1.29 is 19.4 Å². The van der Waals surface area contributed by atoms with Crippen LogP contribution in [0.4, 0.5) is 5.69 Å². The fourth-order valence-corrected chi connectivity index (χ4v) is 3.08. The summed E-state index contributed by atoms with van der Waals surface area (Å²) >= 11 is 6.21. The molecule has 0 amide bonds. The average Bonchev–Trinajstić information content (AvgIpc) is 2.75. The highest BCUT2D eigenvalue weighted by atomic mass is 35.5. The second-order valence-electron chi connectivity index (χ2n) is 6.48. The summed E-state index contributed by atoms with van der Waals surface area (Å²) in [5.74, 6) is -0.227. The Morgan fingerprint density at radius 2 is 2.00 bits per heavy atom. The average molecular weight is 432 g/mol. The van der Waals surface area contributed by atoms with Gasteiger partial charge in [-0.1, -0.05) is 25.1 Å². The summed E-state index contributed by atoms with van der Waals surface area (Å²) in [7, 11) is 1.30. The van der Waals surface area contributed by atoms with Gasteiger partial charge in [0.1, 0.15) is 18.2 Å². The molecule has 1 unspecified atom stereocenters. The fourth-order valence-electron chi connectivity index (χ4n) is 2.94. The summed E-state index contributed by atoms with van der Waals surface area (Å²) in [6.07, 6.45) is 0.700. The molecule has 0 radical (unpaired) electrons. The zero-order valence-corrected chi connectivity index (χ0v) is 17.8. The number of aryl methyl sites for hydroxylation is 1. The van der Waals surface area contributed by atoms with Gasteiger partial charge >= 0.3 is 5.97 Å². The van der Waals surface area contributed by atoms with Crippen molar-refractivity contribution in [3.63, 3.8) is 0 Å². The van der Waals surface area contributed by atoms with E-state index in [4.69, 9.17) is 32.2 Å². The fraction of sp³-hybridized carbons (Fsp3) is 0.273. The highest BCUT2D eigenvalue weighted by Gasteiger charge is 2.28. The van der Waals surface area contributed by atoms with Crippen LogP contribution in [0.3, 0.4) is 0 Å². The van der Waals surface area contributed by atoms with Gasteiger partial charge in [0.15, 0.2) is 6.04 Å². The molecule has 0 aliphatic rings. The summed E-state index contributed by atoms with van der Waals surface area (Å²) in [5.41, 5.74) is 8.68. The topological polar surface area (TPSA) is 118 Å². The van der Waals surface area contributed by atoms with Crippen LogP contribution >= 0.6 is 11.6 Å². The number of anilines is 1. The van der Waals surface area contributed by atoms with Crippen molar-refractivity contribution >= 4 is 34.1 Å². The van der Waals surface area contributed by atoms with Gasteiger partial charge in [-0.2, -0.15) is 0 Å². The van der Waals surface area contributed by atoms with Crippen molar-refractivity contribution in [1.82, 2.24) is 0 Å². The van der Waals surface area contributed by atoms with Gasteiger partial charge in [0.2, 0.25) is 0 Å². The Morgan fingerprint density at radius 1 is 1.33 bits per heavy atom. The molecular weight excluding hydrogens is 406 g/mol. The van der Waals surface area contributed by atoms with Gasteiger partial charge in [0.05, 0.1) is 13.7 Å². The number of aliphatic hydroxyl groups excluding tert-OH is 1. The number of hydrogen-bond donors (Lipinski definition) is 4. The number of hydrogen-bond acceptors (Lipinski definition) is 6. The summed E-state index contributed by atoms with van der Waals surface area (Å²) in [4.78, 5) is 12.7. The zero-order chi connectivity index (χ0) is 22.3. The molecule has 2 aromatic carbocycles. The summed E-state index contributed by atoms with van der Waals surface area (Å²) in [6.45, 7) is 5.60. The van der Waals surface area contributed by atoms with Crippen LogP contribution in [-0.4, -0.2) is 37.2 Å². The molecule has 0 heterocycles. The lowest BCUT2D eigenvalue weighted by atomic mass is 9.96. The third kappa shape index (κ3) is 5.52. The normalized spacial score (nSPS) is 11.5. The zero-order valence-electron chi connectivity index (χ0n) is 17.0. The summed E-state index contributed by atoms with van der Waals surface area (Å²) < 4.78 is 10.8. The minimum atomic E-state index is -0.909. The van der Waals surface area contributed by atoms with E-state index in [9.17, 15) is 9.90 Å². The van der Waals surface area contributed by atoms with Gasteiger partial charge in [-0.3, -0.25) is 5.41 Å². The van der Waals surface area contributed by atoms with E-state index in [2.05, 4.69) is 11.9 Å². The lowest BCUT2D eigenvalue weighted by molar-refractivity contribution is -0.141. The maximum atomic E-state index is 12.7. The van der Waals surface area contributed by atoms with Crippen LogP contribution in [0, 0.1) is 5.41 Å². The van der Waals surface area contributed by atoms with Crippen LogP contribution in [0.2, 0.25) is 0 Å². The number of carbonyl (C=O) groups is 1. The first kappa shape index (κ1) is 23.3. The number of nitrogens with two attached hydrogens (primary N) is 1. The minimum Gasteiger partial charge on any atom is -0.490 e. The van der Waals surface area contributed by atoms with Crippen molar-refractivity contribution in [2.24, 2.45) is 5.73 Å². The number of rotatable bonds is 10. The van der Waals surface area contributed by atoms with Crippen LogP contribution in [0.5, 0.6) is 5.75 Å². The van der Waals surface area contributed by atoms with Crippen molar-refractivity contribution in [3.05, 3.63) is 65.2 Å². The molecule has 0 bridgehead atoms. The number of ether oxygens (including phenoxy) is 2. The third-order valence-corrected chi connectivity index (χ3v) is 4.67. The molecule has 2 aromatic rings. The molecule has 0 aliphatic heterocycles. The van der Waals surface area contributed by atoms with E-state index in [0.717, 1.165) is 5.56 Å². The largest absolute Gasteiger partial charge is 0.490 e. The quantitative estimate of drug-likeness (QED) is 0.260. The van der Waals surface area contributed by atoms with E-state index in [1.54, 1.807) is 24.3 Å². The number of aliphatic hydroxyl groups is 1. The summed E-state index contributed by atoms with van der Waals surface area (Å²) in [5, 5.41) is 20.1. The maximum absolute atomic E-state index is 12.7. The molecule has 8 heteroatoms. The van der Waals surface area contributed by atoms with E-state index < -0.39 is 12.0 Å². The summed E-state index contributed by atoms with van der Waals surface area (Å²) in [6, 6.07) is 9.56. The lowest BCUT2D eigenvalue weighted by Crippen LogP contribution is -2.24. The molecule has 0 aliphatic carbocycles. The van der Waals surface area contributed by atoms with E-state index in [0.29, 0.717) is 34.5 Å². The molecule has 0 spiro atoms. The first-order valence-electron chi connectivity index (χ1n) is 9.36. The van der Waals surface area contributed by atoms with Gasteiger partial charge in [-0.25, -0.2) is 4.79 Å². The number of methoxy groups -OCH3 is 1. The molecule has 0 saturated carbocycles. The molecular formula is C22H26ClN3O4. The molecule has 30 heavy (non-hydrogen) atoms. The van der Waals surface area contributed by atoms with Crippen LogP contribution in [0.25, 0.3) is 5.03 Å². The first-order chi connectivity index (χ1) is 14.3. The smallest absolute Gasteiger partial charge is 0.333 e. The Morgan fingerprint density at radius 3 is 2.50 bits per heavy atom. The molecule has 160 valence electrons. The predicted molar refractivity (Wildman–Crippen MR) is 119 cm³/mol. The van der Waals surface area contributed by atoms with Gasteiger partial charge in [0, 0.05) is 27.4 Å². The highest BCUT2D eigenvalue weighted by Crippen LogP contribution is 2.38. The van der Waals surface area contributed by atoms with Crippen LogP contribution in [-0.2, 0) is 16.0 Å². The Hall–Kier alpha value is -3.03. The van der Waals surface area contributed by atoms with Gasteiger partial charge in [-0.05, 0) is 48.4 Å².